The van der Waals surface area contributed by atoms with Crippen molar-refractivity contribution in [1.29, 1.82) is 0 Å². The van der Waals surface area contributed by atoms with Gasteiger partial charge in [-0.25, -0.2) is 26.9 Å². The molecule has 0 saturated carbocycles. The monoisotopic (exact) mass is 426 g/mol. The third kappa shape index (κ3) is 4.17. The van der Waals surface area contributed by atoms with Crippen LogP contribution in [0.15, 0.2) is 35.6 Å². The van der Waals surface area contributed by atoms with Crippen molar-refractivity contribution in [3.05, 3.63) is 58.9 Å². The lowest BCUT2D eigenvalue weighted by Crippen LogP contribution is -2.48. The molecule has 30 heavy (non-hydrogen) atoms. The molecule has 0 fully saturated rings. The average molecular weight is 426 g/mol. The van der Waals surface area contributed by atoms with E-state index in [1.165, 1.54) is 12.1 Å². The Morgan fingerprint density at radius 1 is 1.23 bits per heavy atom. The molecule has 1 aromatic heterocycles. The molecule has 2 N–H and O–H groups in total. The topological polar surface area (TPSA) is 81.2 Å². The fraction of sp³-hybridized carbons (Fsp3) is 0.400. The van der Waals surface area contributed by atoms with E-state index in [-0.39, 0.29) is 30.5 Å². The lowest BCUT2D eigenvalue weighted by molar-refractivity contribution is 0.0986. The maximum absolute atomic E-state index is 14.5. The molecule has 5 nitrogen and oxygen atoms in total. The second-order valence-corrected chi connectivity index (χ2v) is 7.41. The van der Waals surface area contributed by atoms with Gasteiger partial charge in [0, 0.05) is 12.0 Å². The lowest BCUT2D eigenvalue weighted by atomic mass is 9.80. The zero-order valence-electron chi connectivity index (χ0n) is 16.0. The van der Waals surface area contributed by atoms with E-state index in [4.69, 9.17) is 5.73 Å². The Kier molecular flexibility index (Phi) is 5.87. The number of ketones is 1. The number of amidine groups is 1. The fourth-order valence-corrected chi connectivity index (χ4v) is 3.29. The van der Waals surface area contributed by atoms with Crippen molar-refractivity contribution >= 4 is 11.6 Å². The molecule has 1 aromatic carbocycles. The summed E-state index contributed by atoms with van der Waals surface area (Å²) < 4.78 is 67.0. The normalized spacial score (nSPS) is 24.0. The first kappa shape index (κ1) is 21.8. The van der Waals surface area contributed by atoms with Gasteiger partial charge in [0.1, 0.15) is 29.7 Å². The number of carbonyl (C=O) groups excluding carboxylic acids is 1. The largest absolute Gasteiger partial charge is 0.385 e. The van der Waals surface area contributed by atoms with Gasteiger partial charge in [-0.05, 0) is 37.5 Å². The molecule has 0 saturated heterocycles. The molecule has 2 heterocycles. The number of nitrogens with zero attached hydrogens (tertiary/aromatic N) is 3. The van der Waals surface area contributed by atoms with Gasteiger partial charge in [-0.2, -0.15) is 0 Å². The average Bonchev–Trinajstić information content (AvgIpc) is 2.72. The van der Waals surface area contributed by atoms with Crippen LogP contribution >= 0.6 is 0 Å². The van der Waals surface area contributed by atoms with Crippen LogP contribution in [-0.4, -0.2) is 33.9 Å². The molecule has 1 aliphatic rings. The Labute approximate surface area is 169 Å². The van der Waals surface area contributed by atoms with Gasteiger partial charge in [-0.3, -0.25) is 14.8 Å². The van der Waals surface area contributed by atoms with E-state index >= 15 is 0 Å². The van der Waals surface area contributed by atoms with Gasteiger partial charge in [0.2, 0.25) is 0 Å². The molecule has 2 atom stereocenters. The first-order chi connectivity index (χ1) is 14.1. The van der Waals surface area contributed by atoms with Crippen LogP contribution in [0.25, 0.3) is 0 Å². The van der Waals surface area contributed by atoms with Crippen LogP contribution in [0.3, 0.4) is 0 Å². The highest BCUT2D eigenvalue weighted by atomic mass is 19.3. The Balaban J connectivity index is 1.86. The number of alkyl halides is 4. The Hall–Kier alpha value is -2.91. The van der Waals surface area contributed by atoms with Gasteiger partial charge in [0.25, 0.3) is 6.43 Å². The molecular formula is C20H19F5N4O. The first-order valence-corrected chi connectivity index (χ1v) is 9.11. The minimum Gasteiger partial charge on any atom is -0.385 e. The van der Waals surface area contributed by atoms with Crippen LogP contribution in [0.1, 0.15) is 53.5 Å². The third-order valence-electron chi connectivity index (χ3n) is 5.20. The zero-order chi connectivity index (χ0) is 22.1. The van der Waals surface area contributed by atoms with Gasteiger partial charge in [-0.15, -0.1) is 0 Å². The molecule has 0 aliphatic carbocycles. The molecule has 0 spiro atoms. The molecule has 0 unspecified atom stereocenters. The van der Waals surface area contributed by atoms with Gasteiger partial charge < -0.3 is 5.73 Å². The van der Waals surface area contributed by atoms with Crippen molar-refractivity contribution in [2.75, 3.05) is 6.67 Å². The molecule has 10 heteroatoms. The van der Waals surface area contributed by atoms with Crippen LogP contribution in [0.2, 0.25) is 0 Å². The predicted molar refractivity (Wildman–Crippen MR) is 99.4 cm³/mol. The van der Waals surface area contributed by atoms with E-state index in [0.29, 0.717) is 5.56 Å². The highest BCUT2D eigenvalue weighted by Gasteiger charge is 2.44. The SMILES string of the molecule is C[C@@]1(c2cc(CC(=O)c3cnc(C(F)F)cn3)ccc2F)CC[C@@](F)(CF)C(N)=N1. The summed E-state index contributed by atoms with van der Waals surface area (Å²) in [5.41, 5.74) is 1.86. The lowest BCUT2D eigenvalue weighted by Gasteiger charge is -2.36. The van der Waals surface area contributed by atoms with Crippen LogP contribution in [-0.2, 0) is 12.0 Å². The zero-order valence-corrected chi connectivity index (χ0v) is 16.0. The Bertz CT molecular complexity index is 982. The second kappa shape index (κ2) is 8.08. The van der Waals surface area contributed by atoms with E-state index in [0.717, 1.165) is 18.5 Å². The standard InChI is InChI=1S/C20H19F5N4O/c1-19(4-5-20(25,10-21)18(26)29-19)12-6-11(2-3-13(12)22)7-16(30)14-8-28-15(9-27-14)17(23)24/h2-3,6,8-9,17H,4-5,7,10H2,1H3,(H2,26,29)/t19-,20+/m0/s1. The summed E-state index contributed by atoms with van der Waals surface area (Å²) >= 11 is 0. The minimum absolute atomic E-state index is 0.0169. The molecule has 160 valence electrons. The third-order valence-corrected chi connectivity index (χ3v) is 5.20. The predicted octanol–water partition coefficient (Wildman–Crippen LogP) is 4.02. The summed E-state index contributed by atoms with van der Waals surface area (Å²) in [6.45, 7) is 0.233. The number of halogens is 5. The van der Waals surface area contributed by atoms with Gasteiger partial charge in [0.15, 0.2) is 11.5 Å². The van der Waals surface area contributed by atoms with Gasteiger partial charge in [0.05, 0.1) is 17.9 Å². The molecule has 0 amide bonds. The van der Waals surface area contributed by atoms with E-state index in [1.807, 2.05) is 0 Å². The van der Waals surface area contributed by atoms with E-state index < -0.39 is 47.4 Å². The maximum atomic E-state index is 14.5. The van der Waals surface area contributed by atoms with E-state index in [2.05, 4.69) is 15.0 Å². The highest BCUT2D eigenvalue weighted by Crippen LogP contribution is 2.40. The molecule has 3 rings (SSSR count). The number of hydrogen-bond donors (Lipinski definition) is 1. The summed E-state index contributed by atoms with van der Waals surface area (Å²) in [7, 11) is 0. The minimum atomic E-state index is -2.80. The van der Waals surface area contributed by atoms with Crippen LogP contribution in [0.4, 0.5) is 22.0 Å². The van der Waals surface area contributed by atoms with Crippen LogP contribution < -0.4 is 5.73 Å². The number of benzene rings is 1. The van der Waals surface area contributed by atoms with Crippen molar-refractivity contribution in [3.8, 4) is 0 Å². The highest BCUT2D eigenvalue weighted by molar-refractivity contribution is 5.95. The van der Waals surface area contributed by atoms with E-state index in [9.17, 15) is 26.7 Å². The molecule has 2 aromatic rings. The van der Waals surface area contributed by atoms with Gasteiger partial charge in [-0.1, -0.05) is 6.07 Å². The number of rotatable bonds is 6. The van der Waals surface area contributed by atoms with Gasteiger partial charge >= 0.3 is 0 Å². The maximum Gasteiger partial charge on any atom is 0.281 e. The number of carbonyl (C=O) groups is 1. The van der Waals surface area contributed by atoms with Crippen molar-refractivity contribution in [1.82, 2.24) is 9.97 Å². The van der Waals surface area contributed by atoms with Crippen molar-refractivity contribution < 1.29 is 26.7 Å². The number of aromatic nitrogens is 2. The molecule has 0 bridgehead atoms. The Morgan fingerprint density at radius 3 is 2.53 bits per heavy atom. The summed E-state index contributed by atoms with van der Waals surface area (Å²) in [6, 6.07) is 3.94. The Morgan fingerprint density at radius 2 is 1.97 bits per heavy atom. The second-order valence-electron chi connectivity index (χ2n) is 7.41. The van der Waals surface area contributed by atoms with Crippen LogP contribution in [0.5, 0.6) is 0 Å². The van der Waals surface area contributed by atoms with Crippen molar-refractivity contribution in [3.63, 3.8) is 0 Å². The quantitative estimate of drug-likeness (QED) is 0.559. The molecular weight excluding hydrogens is 407 g/mol. The first-order valence-electron chi connectivity index (χ1n) is 9.11. The smallest absolute Gasteiger partial charge is 0.281 e. The van der Waals surface area contributed by atoms with Crippen molar-refractivity contribution in [2.24, 2.45) is 10.7 Å². The number of hydrogen-bond acceptors (Lipinski definition) is 5. The summed E-state index contributed by atoms with van der Waals surface area (Å²) in [5, 5.41) is 0. The molecule has 0 radical (unpaired) electrons. The number of aliphatic imine (C=N–C) groups is 1. The van der Waals surface area contributed by atoms with Crippen LogP contribution in [0, 0.1) is 5.82 Å². The summed E-state index contributed by atoms with van der Waals surface area (Å²) in [6.07, 6.45) is -1.45. The molecule has 1 aliphatic heterocycles. The number of nitrogens with two attached hydrogens (primary N) is 1. The number of Topliss-reactive ketones (excluding diaryl/α,β-unsaturated/α-hetero) is 1. The summed E-state index contributed by atoms with van der Waals surface area (Å²) in [4.78, 5) is 23.6. The fourth-order valence-electron chi connectivity index (χ4n) is 3.29. The summed E-state index contributed by atoms with van der Waals surface area (Å²) in [5.74, 6) is -1.66. The van der Waals surface area contributed by atoms with E-state index in [1.54, 1.807) is 6.92 Å². The van der Waals surface area contributed by atoms with Crippen molar-refractivity contribution in [2.45, 2.75) is 43.8 Å².